The van der Waals surface area contributed by atoms with Crippen LogP contribution in [0.25, 0.3) is 22.1 Å². The molecule has 1 atom stereocenters. The van der Waals surface area contributed by atoms with Crippen LogP contribution in [-0.2, 0) is 9.53 Å². The van der Waals surface area contributed by atoms with Crippen LogP contribution in [0.2, 0.25) is 0 Å². The van der Waals surface area contributed by atoms with Crippen molar-refractivity contribution >= 4 is 28.0 Å². The summed E-state index contributed by atoms with van der Waals surface area (Å²) in [6.45, 7) is 2.67. The zero-order valence-electron chi connectivity index (χ0n) is 15.1. The number of aromatic amines is 2. The average Bonchev–Trinajstić information content (AvgIpc) is 3.31. The first-order valence-corrected chi connectivity index (χ1v) is 9.65. The zero-order chi connectivity index (χ0) is 18.4. The molecular weight excluding hydrogens is 346 g/mol. The molecular formula is C19H23N5O3. The third-order valence-electron chi connectivity index (χ3n) is 5.90. The van der Waals surface area contributed by atoms with Crippen LogP contribution in [0.4, 0.5) is 0 Å². The molecule has 2 fully saturated rings. The Labute approximate surface area is 155 Å². The van der Waals surface area contributed by atoms with Crippen molar-refractivity contribution in [2.45, 2.75) is 31.7 Å². The van der Waals surface area contributed by atoms with E-state index in [9.17, 15) is 9.59 Å². The molecule has 142 valence electrons. The first-order chi connectivity index (χ1) is 13.2. The summed E-state index contributed by atoms with van der Waals surface area (Å²) in [5, 5.41) is 0.929. The van der Waals surface area contributed by atoms with Gasteiger partial charge < -0.3 is 19.6 Å². The van der Waals surface area contributed by atoms with E-state index in [0.717, 1.165) is 54.3 Å². The van der Waals surface area contributed by atoms with Gasteiger partial charge in [-0.25, -0.2) is 9.78 Å². The molecule has 2 saturated heterocycles. The molecule has 3 aromatic rings. The second kappa shape index (κ2) is 6.53. The van der Waals surface area contributed by atoms with Gasteiger partial charge in [-0.1, -0.05) is 0 Å². The van der Waals surface area contributed by atoms with Crippen LogP contribution in [0.3, 0.4) is 0 Å². The summed E-state index contributed by atoms with van der Waals surface area (Å²) in [5.74, 6) is 0.266. The fourth-order valence-corrected chi connectivity index (χ4v) is 4.54. The smallest absolute Gasteiger partial charge is 0.326 e. The van der Waals surface area contributed by atoms with E-state index in [1.165, 1.54) is 0 Å². The summed E-state index contributed by atoms with van der Waals surface area (Å²) < 4.78 is 7.22. The molecule has 0 saturated carbocycles. The Morgan fingerprint density at radius 2 is 2.11 bits per heavy atom. The lowest BCUT2D eigenvalue weighted by Gasteiger charge is -2.36. The van der Waals surface area contributed by atoms with Crippen molar-refractivity contribution < 1.29 is 9.53 Å². The number of pyridine rings is 1. The van der Waals surface area contributed by atoms with Crippen LogP contribution >= 0.6 is 0 Å². The van der Waals surface area contributed by atoms with Gasteiger partial charge in [0.05, 0.1) is 23.3 Å². The van der Waals surface area contributed by atoms with Crippen molar-refractivity contribution in [2.75, 3.05) is 26.3 Å². The van der Waals surface area contributed by atoms with E-state index in [-0.39, 0.29) is 23.6 Å². The fourth-order valence-electron chi connectivity index (χ4n) is 4.54. The molecule has 0 aromatic carbocycles. The Morgan fingerprint density at radius 3 is 2.96 bits per heavy atom. The Morgan fingerprint density at radius 1 is 1.26 bits per heavy atom. The topological polar surface area (TPSA) is 96.0 Å². The van der Waals surface area contributed by atoms with Gasteiger partial charge in [-0.15, -0.1) is 0 Å². The monoisotopic (exact) mass is 369 g/mol. The minimum Gasteiger partial charge on any atom is -0.381 e. The van der Waals surface area contributed by atoms with E-state index in [1.807, 2.05) is 21.7 Å². The third-order valence-corrected chi connectivity index (χ3v) is 5.90. The normalized spacial score (nSPS) is 21.9. The lowest BCUT2D eigenvalue weighted by atomic mass is 9.96. The van der Waals surface area contributed by atoms with Gasteiger partial charge in [0, 0.05) is 43.8 Å². The van der Waals surface area contributed by atoms with Gasteiger partial charge in [-0.05, 0) is 31.7 Å². The molecule has 0 spiro atoms. The molecule has 27 heavy (non-hydrogen) atoms. The second-order valence-electron chi connectivity index (χ2n) is 7.53. The Bertz CT molecular complexity index is 1040. The molecule has 0 bridgehead atoms. The number of aromatic nitrogens is 4. The first-order valence-electron chi connectivity index (χ1n) is 9.65. The molecule has 8 nitrogen and oxygen atoms in total. The van der Waals surface area contributed by atoms with Crippen molar-refractivity contribution in [1.82, 2.24) is 24.4 Å². The SMILES string of the molecule is O=C(C1CCOCC1)N1CCC[C@@H](n2c(=O)[nH]c3cnc4[nH]ccc4c32)C1. The molecule has 8 heteroatoms. The number of rotatable bonds is 2. The van der Waals surface area contributed by atoms with Crippen molar-refractivity contribution in [3.63, 3.8) is 0 Å². The maximum Gasteiger partial charge on any atom is 0.326 e. The molecule has 5 rings (SSSR count). The van der Waals surface area contributed by atoms with E-state index >= 15 is 0 Å². The van der Waals surface area contributed by atoms with Crippen LogP contribution in [0.15, 0.2) is 23.3 Å². The lowest BCUT2D eigenvalue weighted by molar-refractivity contribution is -0.140. The maximum absolute atomic E-state index is 12.9. The Balaban J connectivity index is 1.49. The van der Waals surface area contributed by atoms with E-state index in [1.54, 1.807) is 6.20 Å². The first kappa shape index (κ1) is 16.6. The van der Waals surface area contributed by atoms with E-state index in [0.29, 0.717) is 19.8 Å². The molecule has 2 N–H and O–H groups in total. The average molecular weight is 369 g/mol. The number of imidazole rings is 1. The number of H-pyrrole nitrogens is 2. The number of carbonyl (C=O) groups is 1. The molecule has 0 aliphatic carbocycles. The second-order valence-corrected chi connectivity index (χ2v) is 7.53. The van der Waals surface area contributed by atoms with Gasteiger partial charge >= 0.3 is 5.69 Å². The molecule has 0 unspecified atom stereocenters. The number of likely N-dealkylation sites (tertiary alicyclic amines) is 1. The van der Waals surface area contributed by atoms with Gasteiger partial charge in [-0.2, -0.15) is 0 Å². The summed E-state index contributed by atoms with van der Waals surface area (Å²) in [7, 11) is 0. The lowest BCUT2D eigenvalue weighted by Crippen LogP contribution is -2.45. The minimum atomic E-state index is -0.133. The standard InChI is InChI=1S/C19H23N5O3/c25-18(12-4-8-27-9-5-12)23-7-1-2-13(11-23)24-16-14-3-6-20-17(14)21-10-15(16)22-19(24)26/h3,6,10,12-13H,1-2,4-5,7-9,11H2,(H,20,21)(H,22,26)/t13-/m1/s1. The summed E-state index contributed by atoms with van der Waals surface area (Å²) >= 11 is 0. The molecule has 5 heterocycles. The molecule has 2 aliphatic heterocycles. The van der Waals surface area contributed by atoms with Gasteiger partial charge in [0.1, 0.15) is 5.65 Å². The minimum absolute atomic E-state index is 0.0238. The summed E-state index contributed by atoms with van der Waals surface area (Å²) in [4.78, 5) is 38.0. The number of carbonyl (C=O) groups excluding carboxylic acids is 1. The van der Waals surface area contributed by atoms with E-state index in [2.05, 4.69) is 15.0 Å². The van der Waals surface area contributed by atoms with Crippen LogP contribution in [0, 0.1) is 5.92 Å². The van der Waals surface area contributed by atoms with Crippen LogP contribution in [0.1, 0.15) is 31.7 Å². The van der Waals surface area contributed by atoms with Gasteiger partial charge in [-0.3, -0.25) is 9.36 Å². The van der Waals surface area contributed by atoms with Gasteiger partial charge in [0.2, 0.25) is 5.91 Å². The van der Waals surface area contributed by atoms with Crippen LogP contribution < -0.4 is 5.69 Å². The highest BCUT2D eigenvalue weighted by atomic mass is 16.5. The Hall–Kier alpha value is -2.61. The maximum atomic E-state index is 12.9. The predicted molar refractivity (Wildman–Crippen MR) is 101 cm³/mol. The number of piperidine rings is 1. The number of hydrogen-bond donors (Lipinski definition) is 2. The number of ether oxygens (including phenoxy) is 1. The van der Waals surface area contributed by atoms with Crippen molar-refractivity contribution in [1.29, 1.82) is 0 Å². The fraction of sp³-hybridized carbons (Fsp3) is 0.526. The predicted octanol–water partition coefficient (Wildman–Crippen LogP) is 1.80. The molecule has 0 radical (unpaired) electrons. The van der Waals surface area contributed by atoms with E-state index in [4.69, 9.17) is 4.74 Å². The third kappa shape index (κ3) is 2.75. The summed E-state index contributed by atoms with van der Waals surface area (Å²) in [5.41, 5.74) is 2.24. The largest absolute Gasteiger partial charge is 0.381 e. The number of fused-ring (bicyclic) bond motifs is 3. The number of nitrogens with zero attached hydrogens (tertiary/aromatic N) is 3. The van der Waals surface area contributed by atoms with Crippen LogP contribution in [-0.4, -0.2) is 56.6 Å². The van der Waals surface area contributed by atoms with Crippen molar-refractivity contribution in [2.24, 2.45) is 5.92 Å². The number of hydrogen-bond acceptors (Lipinski definition) is 4. The Kier molecular flexibility index (Phi) is 4.00. The van der Waals surface area contributed by atoms with Gasteiger partial charge in [0.15, 0.2) is 0 Å². The quantitative estimate of drug-likeness (QED) is 0.720. The summed E-state index contributed by atoms with van der Waals surface area (Å²) in [6.07, 6.45) is 6.91. The number of amides is 1. The highest BCUT2D eigenvalue weighted by molar-refractivity contribution is 6.00. The molecule has 1 amide bonds. The van der Waals surface area contributed by atoms with Gasteiger partial charge in [0.25, 0.3) is 0 Å². The van der Waals surface area contributed by atoms with Crippen molar-refractivity contribution in [3.05, 3.63) is 28.9 Å². The highest BCUT2D eigenvalue weighted by Crippen LogP contribution is 2.29. The highest BCUT2D eigenvalue weighted by Gasteiger charge is 2.32. The molecule has 3 aromatic heterocycles. The molecule has 2 aliphatic rings. The summed E-state index contributed by atoms with van der Waals surface area (Å²) in [6, 6.07) is 1.92. The van der Waals surface area contributed by atoms with E-state index < -0.39 is 0 Å². The number of nitrogens with one attached hydrogen (secondary N) is 2. The zero-order valence-corrected chi connectivity index (χ0v) is 15.1. The van der Waals surface area contributed by atoms with Crippen molar-refractivity contribution in [3.8, 4) is 0 Å². The van der Waals surface area contributed by atoms with Crippen LogP contribution in [0.5, 0.6) is 0 Å².